The van der Waals surface area contributed by atoms with Gasteiger partial charge in [-0.2, -0.15) is 13.2 Å². The zero-order valence-corrected chi connectivity index (χ0v) is 16.8. The van der Waals surface area contributed by atoms with Crippen molar-refractivity contribution < 1.29 is 22.8 Å². The monoisotopic (exact) mass is 406 g/mol. The summed E-state index contributed by atoms with van der Waals surface area (Å²) in [4.78, 5) is 25.3. The highest BCUT2D eigenvalue weighted by Gasteiger charge is 2.31. The average Bonchev–Trinajstić information content (AvgIpc) is 2.65. The van der Waals surface area contributed by atoms with Crippen molar-refractivity contribution in [2.75, 3.05) is 0 Å². The van der Waals surface area contributed by atoms with Crippen LogP contribution >= 0.6 is 0 Å². The maximum absolute atomic E-state index is 12.9. The van der Waals surface area contributed by atoms with Crippen molar-refractivity contribution in [3.8, 4) is 0 Å². The number of nitrogens with one attached hydrogen (secondary N) is 2. The van der Waals surface area contributed by atoms with Gasteiger partial charge in [-0.1, -0.05) is 44.2 Å². The molecule has 0 aliphatic heterocycles. The van der Waals surface area contributed by atoms with Crippen LogP contribution in [0.1, 0.15) is 53.9 Å². The summed E-state index contributed by atoms with van der Waals surface area (Å²) in [5.41, 5.74) is 0.812. The quantitative estimate of drug-likeness (QED) is 0.734. The Morgan fingerprint density at radius 3 is 2.17 bits per heavy atom. The van der Waals surface area contributed by atoms with Crippen molar-refractivity contribution >= 4 is 11.8 Å². The molecule has 29 heavy (non-hydrogen) atoms. The number of amides is 2. The van der Waals surface area contributed by atoms with Gasteiger partial charge in [0, 0.05) is 5.56 Å². The zero-order valence-electron chi connectivity index (χ0n) is 16.8. The van der Waals surface area contributed by atoms with E-state index in [0.29, 0.717) is 11.1 Å². The number of benzene rings is 2. The van der Waals surface area contributed by atoms with Crippen molar-refractivity contribution in [3.05, 3.63) is 70.8 Å². The van der Waals surface area contributed by atoms with E-state index in [9.17, 15) is 22.8 Å². The van der Waals surface area contributed by atoms with E-state index >= 15 is 0 Å². The van der Waals surface area contributed by atoms with Gasteiger partial charge in [0.05, 0.1) is 11.6 Å². The van der Waals surface area contributed by atoms with Crippen LogP contribution < -0.4 is 10.6 Å². The van der Waals surface area contributed by atoms with E-state index in [0.717, 1.165) is 17.7 Å². The number of hydrogen-bond acceptors (Lipinski definition) is 2. The van der Waals surface area contributed by atoms with Gasteiger partial charge in [-0.05, 0) is 49.1 Å². The Balaban J connectivity index is 2.13. The maximum atomic E-state index is 12.9. The fourth-order valence-corrected chi connectivity index (χ4v) is 2.95. The third-order valence-corrected chi connectivity index (χ3v) is 4.70. The van der Waals surface area contributed by atoms with Crippen LogP contribution in [0.2, 0.25) is 0 Å². The molecule has 2 amide bonds. The molecular weight excluding hydrogens is 381 g/mol. The summed E-state index contributed by atoms with van der Waals surface area (Å²) in [5.74, 6) is -1.04. The van der Waals surface area contributed by atoms with Crippen LogP contribution in [0.15, 0.2) is 48.5 Å². The van der Waals surface area contributed by atoms with Gasteiger partial charge in [-0.3, -0.25) is 9.59 Å². The molecular formula is C22H25F3N2O2. The van der Waals surface area contributed by atoms with Crippen LogP contribution in [0.3, 0.4) is 0 Å². The van der Waals surface area contributed by atoms with E-state index in [2.05, 4.69) is 10.6 Å². The van der Waals surface area contributed by atoms with Crippen molar-refractivity contribution in [2.45, 2.75) is 46.0 Å². The van der Waals surface area contributed by atoms with Gasteiger partial charge < -0.3 is 10.6 Å². The van der Waals surface area contributed by atoms with E-state index in [1.165, 1.54) is 12.1 Å². The highest BCUT2D eigenvalue weighted by molar-refractivity contribution is 5.98. The predicted molar refractivity (Wildman–Crippen MR) is 105 cm³/mol. The predicted octanol–water partition coefficient (Wildman–Crippen LogP) is 4.65. The molecule has 0 saturated heterocycles. The Morgan fingerprint density at radius 1 is 0.931 bits per heavy atom. The van der Waals surface area contributed by atoms with Gasteiger partial charge >= 0.3 is 6.18 Å². The lowest BCUT2D eigenvalue weighted by Gasteiger charge is -2.25. The van der Waals surface area contributed by atoms with E-state index in [1.54, 1.807) is 45.9 Å². The first kappa shape index (κ1) is 22.5. The summed E-state index contributed by atoms with van der Waals surface area (Å²) < 4.78 is 38.8. The van der Waals surface area contributed by atoms with Crippen molar-refractivity contribution in [3.63, 3.8) is 0 Å². The van der Waals surface area contributed by atoms with Gasteiger partial charge in [0.15, 0.2) is 0 Å². The van der Waals surface area contributed by atoms with E-state index in [4.69, 9.17) is 0 Å². The third-order valence-electron chi connectivity index (χ3n) is 4.70. The first-order valence-corrected chi connectivity index (χ1v) is 9.34. The molecule has 2 atom stereocenters. The minimum atomic E-state index is -4.46. The molecule has 0 fully saturated rings. The molecule has 0 spiro atoms. The number of aryl methyl sites for hydroxylation is 1. The Hall–Kier alpha value is -2.83. The lowest BCUT2D eigenvalue weighted by Crippen LogP contribution is -2.50. The Kier molecular flexibility index (Phi) is 7.06. The molecule has 2 aromatic rings. The molecule has 0 aliphatic carbocycles. The second-order valence-corrected chi connectivity index (χ2v) is 7.36. The molecule has 2 rings (SSSR count). The first-order valence-electron chi connectivity index (χ1n) is 9.34. The van der Waals surface area contributed by atoms with Crippen molar-refractivity contribution in [2.24, 2.45) is 5.92 Å². The molecule has 156 valence electrons. The third kappa shape index (κ3) is 5.82. The number of carbonyl (C=O) groups is 2. The van der Waals surface area contributed by atoms with E-state index < -0.39 is 29.7 Å². The molecule has 0 saturated carbocycles. The summed E-state index contributed by atoms with van der Waals surface area (Å²) in [7, 11) is 0. The highest BCUT2D eigenvalue weighted by atomic mass is 19.4. The highest BCUT2D eigenvalue weighted by Crippen LogP contribution is 2.30. The summed E-state index contributed by atoms with van der Waals surface area (Å²) in [6, 6.07) is 10.4. The fourth-order valence-electron chi connectivity index (χ4n) is 2.95. The number of alkyl halides is 3. The summed E-state index contributed by atoms with van der Waals surface area (Å²) >= 11 is 0. The lowest BCUT2D eigenvalue weighted by molar-refractivity contribution is -0.137. The van der Waals surface area contributed by atoms with Crippen LogP contribution in [0.5, 0.6) is 0 Å². The number of carbonyl (C=O) groups excluding carboxylic acids is 2. The minimum absolute atomic E-state index is 0.211. The molecule has 0 radical (unpaired) electrons. The molecule has 2 aromatic carbocycles. The van der Waals surface area contributed by atoms with Gasteiger partial charge in [0.2, 0.25) is 5.91 Å². The Labute approximate surface area is 168 Å². The second kappa shape index (κ2) is 9.11. The van der Waals surface area contributed by atoms with Gasteiger partial charge in [-0.25, -0.2) is 0 Å². The molecule has 0 unspecified atom stereocenters. The van der Waals surface area contributed by atoms with Crippen molar-refractivity contribution in [1.82, 2.24) is 10.6 Å². The average molecular weight is 406 g/mol. The lowest BCUT2D eigenvalue weighted by atomic mass is 10.00. The van der Waals surface area contributed by atoms with Crippen LogP contribution in [0.4, 0.5) is 13.2 Å². The van der Waals surface area contributed by atoms with Crippen LogP contribution in [0, 0.1) is 12.8 Å². The van der Waals surface area contributed by atoms with Crippen LogP contribution in [-0.4, -0.2) is 17.9 Å². The molecule has 0 aromatic heterocycles. The summed E-state index contributed by atoms with van der Waals surface area (Å²) in [5, 5.41) is 5.44. The second-order valence-electron chi connectivity index (χ2n) is 7.36. The Morgan fingerprint density at radius 2 is 1.59 bits per heavy atom. The van der Waals surface area contributed by atoms with Gasteiger partial charge in [0.25, 0.3) is 5.91 Å². The molecule has 0 bridgehead atoms. The number of rotatable bonds is 6. The van der Waals surface area contributed by atoms with Crippen LogP contribution in [0.25, 0.3) is 0 Å². The molecule has 7 heteroatoms. The molecule has 4 nitrogen and oxygen atoms in total. The summed E-state index contributed by atoms with van der Waals surface area (Å²) in [6.45, 7) is 6.98. The number of halogens is 3. The normalized spacial score (nSPS) is 13.7. The van der Waals surface area contributed by atoms with Gasteiger partial charge in [-0.15, -0.1) is 0 Å². The first-order chi connectivity index (χ1) is 13.5. The number of hydrogen-bond donors (Lipinski definition) is 2. The fraction of sp³-hybridized carbons (Fsp3) is 0.364. The van der Waals surface area contributed by atoms with E-state index in [-0.39, 0.29) is 11.8 Å². The van der Waals surface area contributed by atoms with Crippen molar-refractivity contribution in [1.29, 1.82) is 0 Å². The smallest absolute Gasteiger partial charge is 0.348 e. The summed E-state index contributed by atoms with van der Waals surface area (Å²) in [6.07, 6.45) is -4.46. The topological polar surface area (TPSA) is 58.2 Å². The molecule has 0 heterocycles. The standard InChI is InChI=1S/C22H25F3N2O2/c1-13(2)19(27-20(28)18-11-6-5-8-14(18)3)21(29)26-15(4)16-9-7-10-17(12-16)22(23,24)25/h5-13,15,19H,1-4H3,(H,26,29)(H,27,28)/t15-,19-/m1/s1. The SMILES string of the molecule is Cc1ccccc1C(=O)N[C@@H](C(=O)N[C@H](C)c1cccc(C(F)(F)F)c1)C(C)C. The Bertz CT molecular complexity index is 878. The molecule has 0 aliphatic rings. The van der Waals surface area contributed by atoms with Gasteiger partial charge in [0.1, 0.15) is 6.04 Å². The van der Waals surface area contributed by atoms with E-state index in [1.807, 2.05) is 6.07 Å². The van der Waals surface area contributed by atoms with Crippen LogP contribution in [-0.2, 0) is 11.0 Å². The molecule has 2 N–H and O–H groups in total. The minimum Gasteiger partial charge on any atom is -0.348 e. The zero-order chi connectivity index (χ0) is 21.8. The maximum Gasteiger partial charge on any atom is 0.416 e. The largest absolute Gasteiger partial charge is 0.416 e.